The Labute approximate surface area is 108 Å². The van der Waals surface area contributed by atoms with Gasteiger partial charge in [-0.2, -0.15) is 0 Å². The maximum absolute atomic E-state index is 11.5. The lowest BCUT2D eigenvalue weighted by Crippen LogP contribution is -2.39. The van der Waals surface area contributed by atoms with Crippen LogP contribution >= 0.6 is 0 Å². The fourth-order valence-electron chi connectivity index (χ4n) is 2.16. The van der Waals surface area contributed by atoms with E-state index in [0.29, 0.717) is 25.2 Å². The molecule has 1 aromatic carbocycles. The maximum Gasteiger partial charge on any atom is 0.407 e. The topological polar surface area (TPSA) is 50.4 Å². The molecule has 1 aliphatic heterocycles. The second-order valence-corrected chi connectivity index (χ2v) is 4.78. The molecule has 0 saturated carbocycles. The van der Waals surface area contributed by atoms with Gasteiger partial charge in [-0.05, 0) is 25.3 Å². The van der Waals surface area contributed by atoms with Crippen molar-refractivity contribution in [3.05, 3.63) is 35.9 Å². The number of nitrogens with one attached hydrogen (secondary N) is 2. The summed E-state index contributed by atoms with van der Waals surface area (Å²) in [5.74, 6) is 0. The van der Waals surface area contributed by atoms with E-state index in [9.17, 15) is 4.79 Å². The number of carbonyl (C=O) groups excluding carboxylic acids is 1. The molecular formula is C14H20N2O2. The van der Waals surface area contributed by atoms with Crippen molar-refractivity contribution in [1.82, 2.24) is 10.6 Å². The van der Waals surface area contributed by atoms with Crippen molar-refractivity contribution in [2.24, 2.45) is 0 Å². The fourth-order valence-corrected chi connectivity index (χ4v) is 2.16. The second-order valence-electron chi connectivity index (χ2n) is 4.78. The van der Waals surface area contributed by atoms with Crippen LogP contribution in [0.3, 0.4) is 0 Å². The first-order valence-electron chi connectivity index (χ1n) is 6.44. The number of rotatable bonds is 4. The largest absolute Gasteiger partial charge is 0.445 e. The molecule has 1 heterocycles. The van der Waals surface area contributed by atoms with Crippen molar-refractivity contribution < 1.29 is 9.53 Å². The molecular weight excluding hydrogens is 228 g/mol. The summed E-state index contributed by atoms with van der Waals surface area (Å²) in [6, 6.07) is 10.6. The van der Waals surface area contributed by atoms with E-state index in [2.05, 4.69) is 17.6 Å². The Balaban J connectivity index is 1.63. The van der Waals surface area contributed by atoms with E-state index in [4.69, 9.17) is 4.74 Å². The van der Waals surface area contributed by atoms with Gasteiger partial charge in [0.2, 0.25) is 0 Å². The van der Waals surface area contributed by atoms with Crippen molar-refractivity contribution in [1.29, 1.82) is 0 Å². The van der Waals surface area contributed by atoms with E-state index in [-0.39, 0.29) is 6.09 Å². The Kier molecular flexibility index (Phi) is 4.59. The molecule has 4 heteroatoms. The Hall–Kier alpha value is -1.55. The summed E-state index contributed by atoms with van der Waals surface area (Å²) in [5, 5.41) is 6.20. The average molecular weight is 248 g/mol. The van der Waals surface area contributed by atoms with Gasteiger partial charge in [-0.15, -0.1) is 0 Å². The van der Waals surface area contributed by atoms with E-state index in [1.54, 1.807) is 0 Å². The minimum Gasteiger partial charge on any atom is -0.445 e. The van der Waals surface area contributed by atoms with Crippen LogP contribution in [0.15, 0.2) is 30.3 Å². The number of carbonyl (C=O) groups is 1. The van der Waals surface area contributed by atoms with Crippen LogP contribution in [0.5, 0.6) is 0 Å². The summed E-state index contributed by atoms with van der Waals surface area (Å²) in [7, 11) is 0. The van der Waals surface area contributed by atoms with Crippen molar-refractivity contribution in [3.63, 3.8) is 0 Å². The molecule has 2 rings (SSSR count). The lowest BCUT2D eigenvalue weighted by Gasteiger charge is -2.13. The van der Waals surface area contributed by atoms with Gasteiger partial charge in [0.25, 0.3) is 0 Å². The molecule has 18 heavy (non-hydrogen) atoms. The zero-order valence-corrected chi connectivity index (χ0v) is 10.7. The Bertz CT molecular complexity index is 381. The maximum atomic E-state index is 11.5. The first-order valence-corrected chi connectivity index (χ1v) is 6.44. The number of amides is 1. The van der Waals surface area contributed by atoms with Gasteiger partial charge >= 0.3 is 6.09 Å². The minimum absolute atomic E-state index is 0.321. The zero-order valence-electron chi connectivity index (χ0n) is 10.7. The van der Waals surface area contributed by atoms with E-state index >= 15 is 0 Å². The van der Waals surface area contributed by atoms with Crippen LogP contribution in [0, 0.1) is 0 Å². The highest BCUT2D eigenvalue weighted by Crippen LogP contribution is 2.10. The van der Waals surface area contributed by atoms with Crippen molar-refractivity contribution in [3.8, 4) is 0 Å². The molecule has 98 valence electrons. The van der Waals surface area contributed by atoms with Gasteiger partial charge in [0.05, 0.1) is 0 Å². The molecule has 1 fully saturated rings. The molecule has 4 nitrogen and oxygen atoms in total. The molecule has 1 aromatic rings. The van der Waals surface area contributed by atoms with Gasteiger partial charge in [0.1, 0.15) is 6.61 Å². The molecule has 2 N–H and O–H groups in total. The lowest BCUT2D eigenvalue weighted by molar-refractivity contribution is 0.138. The number of ether oxygens (including phenoxy) is 1. The summed E-state index contributed by atoms with van der Waals surface area (Å²) in [6.45, 7) is 3.12. The monoisotopic (exact) mass is 248 g/mol. The summed E-state index contributed by atoms with van der Waals surface area (Å²) in [5.41, 5.74) is 1.00. The van der Waals surface area contributed by atoms with Crippen LogP contribution in [-0.4, -0.2) is 24.7 Å². The molecule has 0 aromatic heterocycles. The average Bonchev–Trinajstić information content (AvgIpc) is 2.81. The smallest absolute Gasteiger partial charge is 0.407 e. The predicted octanol–water partition coefficient (Wildman–Crippen LogP) is 2.05. The number of alkyl carbamates (subject to hydrolysis) is 1. The van der Waals surface area contributed by atoms with Crippen LogP contribution in [0.1, 0.15) is 25.3 Å². The van der Waals surface area contributed by atoms with Gasteiger partial charge in [-0.1, -0.05) is 30.3 Å². The van der Waals surface area contributed by atoms with Crippen LogP contribution in [0.4, 0.5) is 4.79 Å². The van der Waals surface area contributed by atoms with Gasteiger partial charge in [0, 0.05) is 18.6 Å². The summed E-state index contributed by atoms with van der Waals surface area (Å²) >= 11 is 0. The van der Waals surface area contributed by atoms with Crippen molar-refractivity contribution in [2.75, 3.05) is 6.54 Å². The number of hydrogen-bond acceptors (Lipinski definition) is 3. The summed E-state index contributed by atoms with van der Waals surface area (Å²) in [4.78, 5) is 11.5. The first kappa shape index (κ1) is 12.9. The van der Waals surface area contributed by atoms with Gasteiger partial charge in [-0.3, -0.25) is 0 Å². The molecule has 0 aliphatic carbocycles. The molecule has 0 bridgehead atoms. The van der Waals surface area contributed by atoms with Gasteiger partial charge in [0.15, 0.2) is 0 Å². The minimum atomic E-state index is -0.347. The third-order valence-electron chi connectivity index (χ3n) is 3.17. The van der Waals surface area contributed by atoms with Crippen LogP contribution < -0.4 is 10.6 Å². The highest BCUT2D eigenvalue weighted by molar-refractivity contribution is 5.67. The number of benzene rings is 1. The standard InChI is InChI=1S/C14H20N2O2/c1-11-7-8-13(16-11)9-15-14(17)18-10-12-5-3-2-4-6-12/h2-6,11,13,16H,7-10H2,1H3,(H,15,17)/t11-,13-/m1/s1. The highest BCUT2D eigenvalue weighted by atomic mass is 16.5. The highest BCUT2D eigenvalue weighted by Gasteiger charge is 2.20. The van der Waals surface area contributed by atoms with Gasteiger partial charge in [-0.25, -0.2) is 4.79 Å². The van der Waals surface area contributed by atoms with Crippen molar-refractivity contribution >= 4 is 6.09 Å². The summed E-state index contributed by atoms with van der Waals surface area (Å²) < 4.78 is 5.14. The zero-order chi connectivity index (χ0) is 12.8. The molecule has 0 radical (unpaired) electrons. The van der Waals surface area contributed by atoms with Crippen LogP contribution in [-0.2, 0) is 11.3 Å². The molecule has 1 aliphatic rings. The fraction of sp³-hybridized carbons (Fsp3) is 0.500. The molecule has 1 amide bonds. The molecule has 2 atom stereocenters. The van der Waals surface area contributed by atoms with E-state index in [1.807, 2.05) is 30.3 Å². The summed E-state index contributed by atoms with van der Waals surface area (Å²) in [6.07, 6.45) is 1.94. The third-order valence-corrected chi connectivity index (χ3v) is 3.17. The van der Waals surface area contributed by atoms with E-state index in [1.165, 1.54) is 6.42 Å². The Morgan fingerprint density at radius 3 is 2.83 bits per heavy atom. The molecule has 1 saturated heterocycles. The van der Waals surface area contributed by atoms with Gasteiger partial charge < -0.3 is 15.4 Å². The SMILES string of the molecule is C[C@@H]1CC[C@H](CNC(=O)OCc2ccccc2)N1. The van der Waals surface area contributed by atoms with Crippen molar-refractivity contribution in [2.45, 2.75) is 38.5 Å². The Morgan fingerprint density at radius 2 is 2.17 bits per heavy atom. The lowest BCUT2D eigenvalue weighted by atomic mass is 10.2. The normalized spacial score (nSPS) is 22.7. The van der Waals surface area contributed by atoms with E-state index < -0.39 is 0 Å². The predicted molar refractivity (Wildman–Crippen MR) is 70.2 cm³/mol. The quantitative estimate of drug-likeness (QED) is 0.857. The second kappa shape index (κ2) is 6.40. The Morgan fingerprint density at radius 1 is 1.39 bits per heavy atom. The molecule has 0 spiro atoms. The first-order chi connectivity index (χ1) is 8.74. The van der Waals surface area contributed by atoms with E-state index in [0.717, 1.165) is 12.0 Å². The van der Waals surface area contributed by atoms with Crippen LogP contribution in [0.25, 0.3) is 0 Å². The molecule has 0 unspecified atom stereocenters. The third kappa shape index (κ3) is 4.04. The number of hydrogen-bond donors (Lipinski definition) is 2. The van der Waals surface area contributed by atoms with Crippen LogP contribution in [0.2, 0.25) is 0 Å².